The van der Waals surface area contributed by atoms with E-state index in [2.05, 4.69) is 13.0 Å². The molecule has 1 atom stereocenters. The number of nitrogens with zero attached hydrogens (tertiary/aromatic N) is 2. The highest BCUT2D eigenvalue weighted by atomic mass is 32.2. The zero-order valence-corrected chi connectivity index (χ0v) is 16.8. The highest BCUT2D eigenvalue weighted by Crippen LogP contribution is 2.54. The summed E-state index contributed by atoms with van der Waals surface area (Å²) >= 11 is 1.53. The van der Waals surface area contributed by atoms with Crippen LogP contribution in [-0.4, -0.2) is 29.0 Å². The van der Waals surface area contributed by atoms with E-state index in [4.69, 9.17) is 4.42 Å². The van der Waals surface area contributed by atoms with Crippen LogP contribution in [0.1, 0.15) is 27.2 Å². The fourth-order valence-corrected chi connectivity index (χ4v) is 5.68. The van der Waals surface area contributed by atoms with Gasteiger partial charge in [-0.05, 0) is 36.2 Å². The number of anilines is 1. The molecule has 0 radical (unpaired) electrons. The number of para-hydroxylation sites is 1. The van der Waals surface area contributed by atoms with Crippen LogP contribution in [0.15, 0.2) is 71.3 Å². The van der Waals surface area contributed by atoms with Crippen molar-refractivity contribution < 1.29 is 14.0 Å². The molecule has 0 bridgehead atoms. The van der Waals surface area contributed by atoms with Gasteiger partial charge in [0.05, 0.1) is 18.5 Å². The maximum absolute atomic E-state index is 13.9. The summed E-state index contributed by atoms with van der Waals surface area (Å²) in [4.78, 5) is 29.5. The molecule has 146 valence electrons. The van der Waals surface area contributed by atoms with Crippen LogP contribution in [0.5, 0.6) is 0 Å². The summed E-state index contributed by atoms with van der Waals surface area (Å²) in [5, 5.41) is 0. The number of benzene rings is 2. The highest BCUT2D eigenvalue weighted by Gasteiger charge is 2.59. The van der Waals surface area contributed by atoms with Gasteiger partial charge in [0.1, 0.15) is 0 Å². The van der Waals surface area contributed by atoms with Gasteiger partial charge in [-0.3, -0.25) is 9.59 Å². The summed E-state index contributed by atoms with van der Waals surface area (Å²) < 4.78 is 5.35. The Bertz CT molecular complexity index is 1100. The van der Waals surface area contributed by atoms with Gasteiger partial charge in [-0.2, -0.15) is 0 Å². The van der Waals surface area contributed by atoms with Gasteiger partial charge >= 0.3 is 0 Å². The van der Waals surface area contributed by atoms with Crippen molar-refractivity contribution in [3.05, 3.63) is 89.4 Å². The molecule has 29 heavy (non-hydrogen) atoms. The maximum atomic E-state index is 13.9. The Kier molecular flexibility index (Phi) is 4.24. The molecule has 1 aromatic heterocycles. The second-order valence-electron chi connectivity index (χ2n) is 7.26. The van der Waals surface area contributed by atoms with E-state index in [0.29, 0.717) is 18.8 Å². The van der Waals surface area contributed by atoms with Crippen molar-refractivity contribution >= 4 is 29.3 Å². The Morgan fingerprint density at radius 1 is 1.10 bits per heavy atom. The largest absolute Gasteiger partial charge is 0.459 e. The second-order valence-corrected chi connectivity index (χ2v) is 8.55. The lowest BCUT2D eigenvalue weighted by atomic mass is 10.1. The zero-order valence-electron chi connectivity index (χ0n) is 16.0. The van der Waals surface area contributed by atoms with Crippen LogP contribution in [-0.2, 0) is 16.2 Å². The molecule has 2 amide bonds. The van der Waals surface area contributed by atoms with E-state index in [1.54, 1.807) is 17.0 Å². The molecule has 2 aliphatic heterocycles. The molecule has 3 aromatic rings. The molecular formula is C23H20N2O3S. The predicted octanol–water partition coefficient (Wildman–Crippen LogP) is 4.18. The molecule has 2 aliphatic rings. The molecule has 1 spiro atoms. The number of carbonyl (C=O) groups is 2. The number of rotatable bonds is 3. The van der Waals surface area contributed by atoms with Gasteiger partial charge in [-0.25, -0.2) is 0 Å². The summed E-state index contributed by atoms with van der Waals surface area (Å²) in [6, 6.07) is 19.2. The normalized spacial score (nSPS) is 20.5. The topological polar surface area (TPSA) is 53.8 Å². The molecule has 1 fully saturated rings. The van der Waals surface area contributed by atoms with E-state index in [1.807, 2.05) is 47.4 Å². The Morgan fingerprint density at radius 3 is 2.69 bits per heavy atom. The minimum absolute atomic E-state index is 0.0654. The fraction of sp³-hybridized carbons (Fsp3) is 0.217. The predicted molar refractivity (Wildman–Crippen MR) is 113 cm³/mol. The third-order valence-corrected chi connectivity index (χ3v) is 7.09. The third kappa shape index (κ3) is 2.63. The number of hydrogen-bond donors (Lipinski definition) is 0. The molecule has 6 heteroatoms. The molecule has 5 nitrogen and oxygen atoms in total. The first-order valence-electron chi connectivity index (χ1n) is 9.58. The van der Waals surface area contributed by atoms with Crippen LogP contribution >= 0.6 is 11.8 Å². The van der Waals surface area contributed by atoms with Crippen LogP contribution in [0, 0.1) is 6.92 Å². The average Bonchev–Trinajstić information content (AvgIpc) is 3.47. The molecule has 3 heterocycles. The molecule has 0 saturated carbocycles. The number of aryl methyl sites for hydroxylation is 1. The SMILES string of the molecule is Cc1ccccc1CN1C(=O)[C@]2(SCCN2C(=O)c2ccco2)c2ccccc21. The van der Waals surface area contributed by atoms with E-state index >= 15 is 0 Å². The van der Waals surface area contributed by atoms with Crippen LogP contribution in [0.25, 0.3) is 0 Å². The standard InChI is InChI=1S/C23H20N2O3S/c1-16-7-2-3-8-17(16)15-24-19-10-5-4-9-18(19)23(22(24)27)25(12-14-29-23)21(26)20-11-6-13-28-20/h2-11,13H,12,14-15H2,1H3/t23-/m1/s1. The number of amides is 2. The summed E-state index contributed by atoms with van der Waals surface area (Å²) in [7, 11) is 0. The zero-order chi connectivity index (χ0) is 20.0. The second kappa shape index (κ2) is 6.81. The highest BCUT2D eigenvalue weighted by molar-refractivity contribution is 8.01. The van der Waals surface area contributed by atoms with Crippen molar-refractivity contribution in [2.75, 3.05) is 17.2 Å². The number of thioether (sulfide) groups is 1. The Balaban J connectivity index is 1.60. The molecular weight excluding hydrogens is 384 g/mol. The first kappa shape index (κ1) is 18.1. The van der Waals surface area contributed by atoms with Gasteiger partial charge in [0.15, 0.2) is 10.6 Å². The third-order valence-electron chi connectivity index (χ3n) is 5.67. The smallest absolute Gasteiger partial charge is 0.291 e. The summed E-state index contributed by atoms with van der Waals surface area (Å²) in [5.74, 6) is 0.643. The fourth-order valence-electron chi connectivity index (χ4n) is 4.22. The number of carbonyl (C=O) groups excluding carboxylic acids is 2. The van der Waals surface area contributed by atoms with Crippen LogP contribution in [0.2, 0.25) is 0 Å². The summed E-state index contributed by atoms with van der Waals surface area (Å²) in [6.45, 7) is 3.03. The van der Waals surface area contributed by atoms with Crippen LogP contribution in [0.3, 0.4) is 0 Å². The van der Waals surface area contributed by atoms with Gasteiger partial charge in [0.25, 0.3) is 11.8 Å². The lowest BCUT2D eigenvalue weighted by Crippen LogP contribution is -2.50. The Morgan fingerprint density at radius 2 is 1.90 bits per heavy atom. The molecule has 1 saturated heterocycles. The average molecular weight is 404 g/mol. The minimum Gasteiger partial charge on any atom is -0.459 e. The first-order valence-corrected chi connectivity index (χ1v) is 10.6. The van der Waals surface area contributed by atoms with Crippen molar-refractivity contribution in [3.8, 4) is 0 Å². The van der Waals surface area contributed by atoms with Gasteiger partial charge in [-0.15, -0.1) is 11.8 Å². The van der Waals surface area contributed by atoms with Crippen molar-refractivity contribution in [1.29, 1.82) is 0 Å². The van der Waals surface area contributed by atoms with E-state index in [9.17, 15) is 9.59 Å². The first-order chi connectivity index (χ1) is 14.1. The van der Waals surface area contributed by atoms with Crippen molar-refractivity contribution in [2.24, 2.45) is 0 Å². The molecule has 2 aromatic carbocycles. The van der Waals surface area contributed by atoms with Gasteiger partial charge in [0, 0.05) is 17.9 Å². The molecule has 0 unspecified atom stereocenters. The number of furan rings is 1. The summed E-state index contributed by atoms with van der Waals surface area (Å²) in [5.41, 5.74) is 3.98. The van der Waals surface area contributed by atoms with Gasteiger partial charge in [-0.1, -0.05) is 42.5 Å². The summed E-state index contributed by atoms with van der Waals surface area (Å²) in [6.07, 6.45) is 1.48. The van der Waals surface area contributed by atoms with Crippen molar-refractivity contribution in [3.63, 3.8) is 0 Å². The maximum Gasteiger partial charge on any atom is 0.291 e. The quantitative estimate of drug-likeness (QED) is 0.657. The van der Waals surface area contributed by atoms with E-state index in [0.717, 1.165) is 22.4 Å². The monoisotopic (exact) mass is 404 g/mol. The number of hydrogen-bond acceptors (Lipinski definition) is 4. The van der Waals surface area contributed by atoms with Crippen molar-refractivity contribution in [1.82, 2.24) is 4.90 Å². The lowest BCUT2D eigenvalue weighted by Gasteiger charge is -2.32. The molecule has 0 aliphatic carbocycles. The molecule has 0 N–H and O–H groups in total. The Hall–Kier alpha value is -2.99. The van der Waals surface area contributed by atoms with Gasteiger partial charge in [0.2, 0.25) is 0 Å². The Labute approximate surface area is 173 Å². The van der Waals surface area contributed by atoms with E-state index < -0.39 is 4.87 Å². The lowest BCUT2D eigenvalue weighted by molar-refractivity contribution is -0.123. The number of fused-ring (bicyclic) bond motifs is 2. The van der Waals surface area contributed by atoms with Crippen molar-refractivity contribution in [2.45, 2.75) is 18.3 Å². The van der Waals surface area contributed by atoms with Gasteiger partial charge < -0.3 is 14.2 Å². The van der Waals surface area contributed by atoms with E-state index in [-0.39, 0.29) is 17.6 Å². The molecule has 5 rings (SSSR count). The van der Waals surface area contributed by atoms with Crippen LogP contribution in [0.4, 0.5) is 5.69 Å². The van der Waals surface area contributed by atoms with E-state index in [1.165, 1.54) is 18.0 Å². The van der Waals surface area contributed by atoms with Crippen LogP contribution < -0.4 is 4.90 Å². The minimum atomic E-state index is -1.04.